The highest BCUT2D eigenvalue weighted by Gasteiger charge is 2.19. The fourth-order valence-corrected chi connectivity index (χ4v) is 9.67. The first-order valence-corrected chi connectivity index (χ1v) is 34.2. The van der Waals surface area contributed by atoms with E-state index in [1.807, 2.05) is 0 Å². The van der Waals surface area contributed by atoms with Gasteiger partial charge in [-0.15, -0.1) is 0 Å². The molecule has 0 aliphatic rings. The van der Waals surface area contributed by atoms with Gasteiger partial charge in [0.05, 0.1) is 0 Å². The van der Waals surface area contributed by atoms with Crippen LogP contribution in [0.3, 0.4) is 0 Å². The number of ether oxygens (including phenoxy) is 3. The van der Waals surface area contributed by atoms with Gasteiger partial charge in [0, 0.05) is 19.3 Å². The first-order valence-electron chi connectivity index (χ1n) is 34.2. The normalized spacial score (nSPS) is 12.7. The number of carbonyl (C=O) groups is 3. The van der Waals surface area contributed by atoms with E-state index in [1.165, 1.54) is 186 Å². The van der Waals surface area contributed by atoms with Crippen LogP contribution in [0.4, 0.5) is 0 Å². The van der Waals surface area contributed by atoms with E-state index in [0.717, 1.165) is 109 Å². The number of rotatable bonds is 62. The van der Waals surface area contributed by atoms with Crippen LogP contribution in [0.15, 0.2) is 97.2 Å². The van der Waals surface area contributed by atoms with Gasteiger partial charge < -0.3 is 14.2 Å². The molecule has 0 radical (unpaired) electrons. The molecule has 0 amide bonds. The van der Waals surface area contributed by atoms with E-state index in [1.54, 1.807) is 0 Å². The standard InChI is InChI=1S/C74H128O6/c1-4-7-10-13-16-19-22-25-28-31-33-35-37-39-41-43-46-49-52-55-58-61-64-67-73(76)79-70-71(69-78-72(75)66-63-60-57-54-51-48-45-30-27-24-21-18-15-12-9-6-3)80-74(77)68-65-62-59-56-53-50-47-44-42-40-38-36-34-32-29-26-23-20-17-14-11-8-5-2/h7,10,16,19,21,23-26,28,30,32-35,45,71H,4-6,8-9,11-15,17-18,20,22,27,29,31,36-44,46-70H2,1-3H3/b10-7-,19-16-,24-21-,26-23-,28-25-,34-32-,35-33-,45-30-. The van der Waals surface area contributed by atoms with Crippen LogP contribution in [0.1, 0.15) is 335 Å². The number of esters is 3. The molecule has 1 atom stereocenters. The SMILES string of the molecule is CC/C=C\C/C=C\C/C=C\C/C=C\CCCCCCCCCCCCC(=O)OCC(COC(=O)CCCCCCC/C=C\C/C=C\CCCCCC)OC(=O)CCCCCCCCCCCCC/C=C\C/C=C\CCCCCCC. The third kappa shape index (κ3) is 65.1. The van der Waals surface area contributed by atoms with Crippen molar-refractivity contribution in [2.24, 2.45) is 0 Å². The van der Waals surface area contributed by atoms with Crippen molar-refractivity contribution >= 4 is 17.9 Å². The highest BCUT2D eigenvalue weighted by Crippen LogP contribution is 2.16. The molecule has 6 heteroatoms. The van der Waals surface area contributed by atoms with Crippen LogP contribution in [0, 0.1) is 0 Å². The number of unbranched alkanes of at least 4 members (excludes halogenated alkanes) is 35. The summed E-state index contributed by atoms with van der Waals surface area (Å²) in [4.78, 5) is 38.4. The Labute approximate surface area is 496 Å². The predicted octanol–water partition coefficient (Wildman–Crippen LogP) is 23.6. The lowest BCUT2D eigenvalue weighted by Gasteiger charge is -2.18. The maximum Gasteiger partial charge on any atom is 0.306 e. The zero-order valence-corrected chi connectivity index (χ0v) is 52.8. The van der Waals surface area contributed by atoms with Gasteiger partial charge in [0.25, 0.3) is 0 Å². The van der Waals surface area contributed by atoms with Crippen LogP contribution in [-0.4, -0.2) is 37.2 Å². The van der Waals surface area contributed by atoms with E-state index < -0.39 is 6.10 Å². The van der Waals surface area contributed by atoms with Gasteiger partial charge in [0.15, 0.2) is 6.10 Å². The Balaban J connectivity index is 4.37. The van der Waals surface area contributed by atoms with Gasteiger partial charge in [-0.3, -0.25) is 14.4 Å². The number of allylic oxidation sites excluding steroid dienone is 16. The molecule has 460 valence electrons. The monoisotopic (exact) mass is 1110 g/mol. The molecule has 0 aliphatic carbocycles. The molecule has 0 fully saturated rings. The lowest BCUT2D eigenvalue weighted by atomic mass is 10.0. The molecule has 0 bridgehead atoms. The summed E-state index contributed by atoms with van der Waals surface area (Å²) in [6.07, 6.45) is 91.3. The summed E-state index contributed by atoms with van der Waals surface area (Å²) in [5.74, 6) is -0.890. The molecular formula is C74H128O6. The summed E-state index contributed by atoms with van der Waals surface area (Å²) in [7, 11) is 0. The third-order valence-electron chi connectivity index (χ3n) is 14.8. The summed E-state index contributed by atoms with van der Waals surface area (Å²) in [5.41, 5.74) is 0. The summed E-state index contributed by atoms with van der Waals surface area (Å²) in [6.45, 7) is 6.52. The average molecular weight is 1110 g/mol. The van der Waals surface area contributed by atoms with Gasteiger partial charge >= 0.3 is 17.9 Å². The molecule has 0 aromatic rings. The third-order valence-corrected chi connectivity index (χ3v) is 14.8. The van der Waals surface area contributed by atoms with Crippen LogP contribution in [0.2, 0.25) is 0 Å². The Morgan fingerprint density at radius 1 is 0.263 bits per heavy atom. The second kappa shape index (κ2) is 67.8. The van der Waals surface area contributed by atoms with Crippen molar-refractivity contribution in [1.29, 1.82) is 0 Å². The van der Waals surface area contributed by atoms with Crippen molar-refractivity contribution in [3.8, 4) is 0 Å². The molecular weight excluding hydrogens is 985 g/mol. The molecule has 0 saturated heterocycles. The molecule has 6 nitrogen and oxygen atoms in total. The van der Waals surface area contributed by atoms with Crippen molar-refractivity contribution in [2.75, 3.05) is 13.2 Å². The molecule has 0 aromatic heterocycles. The highest BCUT2D eigenvalue weighted by atomic mass is 16.6. The Bertz CT molecular complexity index is 1560. The predicted molar refractivity (Wildman–Crippen MR) is 348 cm³/mol. The van der Waals surface area contributed by atoms with Crippen LogP contribution in [0.25, 0.3) is 0 Å². The van der Waals surface area contributed by atoms with Crippen LogP contribution < -0.4 is 0 Å². The molecule has 0 heterocycles. The van der Waals surface area contributed by atoms with Crippen LogP contribution in [-0.2, 0) is 28.6 Å². The summed E-state index contributed by atoms with van der Waals surface area (Å²) in [5, 5.41) is 0. The average Bonchev–Trinajstić information content (AvgIpc) is 3.46. The second-order valence-electron chi connectivity index (χ2n) is 22.7. The highest BCUT2D eigenvalue weighted by molar-refractivity contribution is 5.71. The summed E-state index contributed by atoms with van der Waals surface area (Å²) < 4.78 is 17.0. The largest absolute Gasteiger partial charge is 0.462 e. The fraction of sp³-hybridized carbons (Fsp3) is 0.743. The number of hydrogen-bond donors (Lipinski definition) is 0. The van der Waals surface area contributed by atoms with Gasteiger partial charge in [-0.25, -0.2) is 0 Å². The molecule has 0 rings (SSSR count). The maximum absolute atomic E-state index is 13.0. The fourth-order valence-electron chi connectivity index (χ4n) is 9.67. The van der Waals surface area contributed by atoms with E-state index in [9.17, 15) is 14.4 Å². The van der Waals surface area contributed by atoms with E-state index in [-0.39, 0.29) is 31.1 Å². The van der Waals surface area contributed by atoms with E-state index in [0.29, 0.717) is 19.3 Å². The minimum Gasteiger partial charge on any atom is -0.462 e. The molecule has 0 saturated carbocycles. The zero-order valence-electron chi connectivity index (χ0n) is 52.8. The molecule has 0 aromatic carbocycles. The number of carbonyl (C=O) groups excluding carboxylic acids is 3. The molecule has 0 N–H and O–H groups in total. The molecule has 0 aliphatic heterocycles. The Morgan fingerprint density at radius 3 is 0.775 bits per heavy atom. The Morgan fingerprint density at radius 2 is 0.487 bits per heavy atom. The minimum atomic E-state index is -0.789. The lowest BCUT2D eigenvalue weighted by molar-refractivity contribution is -0.167. The summed E-state index contributed by atoms with van der Waals surface area (Å²) >= 11 is 0. The quantitative estimate of drug-likeness (QED) is 0.0261. The van der Waals surface area contributed by atoms with E-state index in [4.69, 9.17) is 14.2 Å². The molecule has 80 heavy (non-hydrogen) atoms. The van der Waals surface area contributed by atoms with Crippen molar-refractivity contribution in [3.05, 3.63) is 97.2 Å². The maximum atomic E-state index is 13.0. The molecule has 1 unspecified atom stereocenters. The first kappa shape index (κ1) is 76.3. The van der Waals surface area contributed by atoms with Gasteiger partial charge in [-0.05, 0) is 122 Å². The van der Waals surface area contributed by atoms with Crippen LogP contribution >= 0.6 is 0 Å². The van der Waals surface area contributed by atoms with Gasteiger partial charge in [0.2, 0.25) is 0 Å². The van der Waals surface area contributed by atoms with Crippen LogP contribution in [0.5, 0.6) is 0 Å². The molecule has 0 spiro atoms. The van der Waals surface area contributed by atoms with E-state index >= 15 is 0 Å². The van der Waals surface area contributed by atoms with Crippen molar-refractivity contribution in [1.82, 2.24) is 0 Å². The smallest absolute Gasteiger partial charge is 0.306 e. The van der Waals surface area contributed by atoms with E-state index in [2.05, 4.69) is 118 Å². The van der Waals surface area contributed by atoms with Gasteiger partial charge in [0.1, 0.15) is 13.2 Å². The Kier molecular flexibility index (Phi) is 64.7. The second-order valence-corrected chi connectivity index (χ2v) is 22.7. The van der Waals surface area contributed by atoms with Gasteiger partial charge in [-0.2, -0.15) is 0 Å². The first-order chi connectivity index (χ1) is 39.5. The van der Waals surface area contributed by atoms with Crippen molar-refractivity contribution in [3.63, 3.8) is 0 Å². The zero-order chi connectivity index (χ0) is 57.8. The van der Waals surface area contributed by atoms with Gasteiger partial charge in [-0.1, -0.05) is 291 Å². The minimum absolute atomic E-state index is 0.0840. The topological polar surface area (TPSA) is 78.9 Å². The van der Waals surface area contributed by atoms with Crippen molar-refractivity contribution < 1.29 is 28.6 Å². The number of hydrogen-bond acceptors (Lipinski definition) is 6. The van der Waals surface area contributed by atoms with Crippen molar-refractivity contribution in [2.45, 2.75) is 341 Å². The summed E-state index contributed by atoms with van der Waals surface area (Å²) in [6, 6.07) is 0. The Hall–Kier alpha value is -3.67. The lowest BCUT2D eigenvalue weighted by Crippen LogP contribution is -2.30.